The second-order valence-corrected chi connectivity index (χ2v) is 6.92. The maximum absolute atomic E-state index is 11.5. The third-order valence-corrected chi connectivity index (χ3v) is 4.82. The van der Waals surface area contributed by atoms with Gasteiger partial charge in [0.15, 0.2) is 12.5 Å². The van der Waals surface area contributed by atoms with Crippen LogP contribution in [0.1, 0.15) is 23.5 Å². The second-order valence-electron chi connectivity index (χ2n) is 5.45. The van der Waals surface area contributed by atoms with Crippen molar-refractivity contribution in [3.63, 3.8) is 0 Å². The molecule has 1 fully saturated rings. The topological polar surface area (TPSA) is 102 Å². The van der Waals surface area contributed by atoms with E-state index in [0.717, 1.165) is 9.87 Å². The fourth-order valence-corrected chi connectivity index (χ4v) is 3.03. The molecule has 1 saturated heterocycles. The molecule has 0 aliphatic carbocycles. The number of anilines is 1. The number of rotatable bonds is 4. The summed E-state index contributed by atoms with van der Waals surface area (Å²) in [6.07, 6.45) is -2.59. The van der Waals surface area contributed by atoms with Gasteiger partial charge in [0.2, 0.25) is 0 Å². The van der Waals surface area contributed by atoms with Crippen LogP contribution in [0.25, 0.3) is 0 Å². The van der Waals surface area contributed by atoms with Crippen molar-refractivity contribution in [1.29, 1.82) is 0 Å². The largest absolute Gasteiger partial charge is 0.398 e. The van der Waals surface area contributed by atoms with Crippen LogP contribution in [0.4, 0.5) is 5.69 Å². The molecule has 0 aromatic heterocycles. The van der Waals surface area contributed by atoms with Crippen molar-refractivity contribution in [2.24, 2.45) is 0 Å². The van der Waals surface area contributed by atoms with Gasteiger partial charge in [-0.05, 0) is 6.07 Å². The van der Waals surface area contributed by atoms with Gasteiger partial charge in [-0.3, -0.25) is 4.55 Å². The van der Waals surface area contributed by atoms with E-state index in [4.69, 9.17) is 15.2 Å². The molecule has 128 valence electrons. The zero-order valence-corrected chi connectivity index (χ0v) is 13.8. The molecule has 0 spiro atoms. The van der Waals surface area contributed by atoms with Gasteiger partial charge in [0.25, 0.3) is 0 Å². The molecule has 1 aliphatic rings. The first-order valence-corrected chi connectivity index (χ1v) is 8.68. The van der Waals surface area contributed by atoms with Gasteiger partial charge in [-0.25, -0.2) is 0 Å². The molecule has 3 N–H and O–H groups in total. The number of ether oxygens (including phenoxy) is 2. The molecule has 1 aliphatic heterocycles. The Morgan fingerprint density at radius 2 is 1.67 bits per heavy atom. The summed E-state index contributed by atoms with van der Waals surface area (Å²) < 4.78 is 44.9. The molecule has 2 aromatic rings. The molecular weight excluding hydrogens is 332 g/mol. The molecule has 0 radical (unpaired) electrons. The van der Waals surface area contributed by atoms with E-state index < -0.39 is 28.9 Å². The lowest BCUT2D eigenvalue weighted by molar-refractivity contribution is -0.0808. The average Bonchev–Trinajstić information content (AvgIpc) is 2.99. The normalized spacial score (nSPS) is 24.4. The van der Waals surface area contributed by atoms with Gasteiger partial charge in [0.05, 0.1) is 0 Å². The lowest BCUT2D eigenvalue weighted by atomic mass is 10.1. The number of hydrogen-bond donors (Lipinski definition) is 2. The Labute approximate surface area is 140 Å². The summed E-state index contributed by atoms with van der Waals surface area (Å²) in [7, 11) is -3.23. The predicted molar refractivity (Wildman–Crippen MR) is 88.0 cm³/mol. The highest BCUT2D eigenvalue weighted by Crippen LogP contribution is 2.42. The van der Waals surface area contributed by atoms with Crippen LogP contribution in [-0.2, 0) is 19.8 Å². The van der Waals surface area contributed by atoms with Crippen LogP contribution in [0, 0.1) is 0 Å². The second kappa shape index (κ2) is 6.50. The van der Waals surface area contributed by atoms with Crippen molar-refractivity contribution in [2.45, 2.75) is 18.6 Å². The number of hydrogen-bond acceptors (Lipinski definition) is 5. The summed E-state index contributed by atoms with van der Waals surface area (Å²) in [5.41, 5.74) is 7.78. The van der Waals surface area contributed by atoms with E-state index in [1.165, 1.54) is 7.05 Å². The molecule has 3 rings (SSSR count). The standard InChI is InChI=1S/C16H18N2O5S/c1-18(24(19,20)21)15-14(12-9-5-6-10-13(12)17)22-16(23-15)11-7-3-2-4-8-11/h2-10,14-16H,17H2,1H3,(H,19,20,21). The number of nitrogen functional groups attached to an aromatic ring is 1. The lowest BCUT2D eigenvalue weighted by Crippen LogP contribution is -2.39. The van der Waals surface area contributed by atoms with Crippen molar-refractivity contribution in [1.82, 2.24) is 4.31 Å². The van der Waals surface area contributed by atoms with E-state index in [2.05, 4.69) is 0 Å². The summed E-state index contributed by atoms with van der Waals surface area (Å²) in [5, 5.41) is 0. The van der Waals surface area contributed by atoms with E-state index in [1.54, 1.807) is 24.3 Å². The minimum absolute atomic E-state index is 0.452. The zero-order chi connectivity index (χ0) is 17.3. The fraction of sp³-hybridized carbons (Fsp3) is 0.250. The smallest absolute Gasteiger partial charge is 0.337 e. The highest BCUT2D eigenvalue weighted by molar-refractivity contribution is 7.83. The van der Waals surface area contributed by atoms with Crippen LogP contribution in [0.5, 0.6) is 0 Å². The highest BCUT2D eigenvalue weighted by atomic mass is 32.2. The van der Waals surface area contributed by atoms with Crippen molar-refractivity contribution in [2.75, 3.05) is 12.8 Å². The Morgan fingerprint density at radius 3 is 2.29 bits per heavy atom. The summed E-state index contributed by atoms with van der Waals surface area (Å²) in [6, 6.07) is 16.1. The number of benzene rings is 2. The van der Waals surface area contributed by atoms with E-state index in [0.29, 0.717) is 11.3 Å². The Morgan fingerprint density at radius 1 is 1.04 bits per heavy atom. The van der Waals surface area contributed by atoms with Crippen molar-refractivity contribution in [3.05, 3.63) is 65.7 Å². The summed E-state index contributed by atoms with van der Waals surface area (Å²) >= 11 is 0. The van der Waals surface area contributed by atoms with Gasteiger partial charge >= 0.3 is 10.3 Å². The summed E-state index contributed by atoms with van der Waals surface area (Å²) in [5.74, 6) is 0. The first-order chi connectivity index (χ1) is 11.4. The summed E-state index contributed by atoms with van der Waals surface area (Å²) in [6.45, 7) is 0. The van der Waals surface area contributed by atoms with Gasteiger partial charge in [0.1, 0.15) is 6.10 Å². The number of nitrogens with two attached hydrogens (primary N) is 1. The molecule has 0 amide bonds. The first kappa shape index (κ1) is 16.9. The molecule has 3 atom stereocenters. The van der Waals surface area contributed by atoms with E-state index in [9.17, 15) is 13.0 Å². The number of likely N-dealkylation sites (N-methyl/N-ethyl adjacent to an activating group) is 1. The van der Waals surface area contributed by atoms with Crippen LogP contribution in [0.3, 0.4) is 0 Å². The van der Waals surface area contributed by atoms with Gasteiger partial charge in [0, 0.05) is 23.9 Å². The molecule has 24 heavy (non-hydrogen) atoms. The molecule has 1 heterocycles. The van der Waals surface area contributed by atoms with Gasteiger partial charge in [-0.1, -0.05) is 48.5 Å². The predicted octanol–water partition coefficient (Wildman–Crippen LogP) is 2.12. The number of para-hydroxylation sites is 1. The maximum atomic E-state index is 11.5. The molecule has 7 nitrogen and oxygen atoms in total. The molecule has 0 bridgehead atoms. The third-order valence-electron chi connectivity index (χ3n) is 3.89. The zero-order valence-electron chi connectivity index (χ0n) is 12.9. The van der Waals surface area contributed by atoms with Crippen LogP contribution < -0.4 is 5.73 Å². The van der Waals surface area contributed by atoms with Gasteiger partial charge in [-0.15, -0.1) is 0 Å². The van der Waals surface area contributed by atoms with Crippen LogP contribution in [0.2, 0.25) is 0 Å². The molecule has 8 heteroatoms. The molecule has 2 aromatic carbocycles. The molecular formula is C16H18N2O5S. The minimum Gasteiger partial charge on any atom is -0.398 e. The average molecular weight is 350 g/mol. The summed E-state index contributed by atoms with van der Waals surface area (Å²) in [4.78, 5) is 0. The van der Waals surface area contributed by atoms with E-state index in [-0.39, 0.29) is 0 Å². The highest BCUT2D eigenvalue weighted by Gasteiger charge is 2.44. The van der Waals surface area contributed by atoms with E-state index >= 15 is 0 Å². The third kappa shape index (κ3) is 3.28. The van der Waals surface area contributed by atoms with Crippen LogP contribution in [0.15, 0.2) is 54.6 Å². The molecule has 3 unspecified atom stereocenters. The van der Waals surface area contributed by atoms with E-state index in [1.807, 2.05) is 30.3 Å². The Bertz CT molecular complexity index is 812. The Hall–Kier alpha value is -1.97. The van der Waals surface area contributed by atoms with Crippen molar-refractivity contribution >= 4 is 16.0 Å². The Kier molecular flexibility index (Phi) is 4.57. The lowest BCUT2D eigenvalue weighted by Gasteiger charge is -2.24. The quantitative estimate of drug-likeness (QED) is 0.647. The van der Waals surface area contributed by atoms with Gasteiger partial charge < -0.3 is 15.2 Å². The number of nitrogens with zero attached hydrogens (tertiary/aromatic N) is 1. The maximum Gasteiger partial charge on any atom is 0.337 e. The van der Waals surface area contributed by atoms with Crippen LogP contribution in [-0.4, -0.2) is 30.6 Å². The minimum atomic E-state index is -4.46. The van der Waals surface area contributed by atoms with Crippen LogP contribution >= 0.6 is 0 Å². The van der Waals surface area contributed by atoms with Gasteiger partial charge in [-0.2, -0.15) is 12.7 Å². The van der Waals surface area contributed by atoms with Crippen molar-refractivity contribution < 1.29 is 22.4 Å². The SMILES string of the molecule is CN(C1OC(c2ccccc2)OC1c1ccccc1N)S(=O)(=O)O. The van der Waals surface area contributed by atoms with Crippen molar-refractivity contribution in [3.8, 4) is 0 Å². The first-order valence-electron chi connectivity index (χ1n) is 7.28. The monoisotopic (exact) mass is 350 g/mol. The fourth-order valence-electron chi connectivity index (χ4n) is 2.60. The Balaban J connectivity index is 1.99. The molecule has 0 saturated carbocycles.